The minimum atomic E-state index is -3.76. The molecule has 9 nitrogen and oxygen atoms in total. The lowest BCUT2D eigenvalue weighted by molar-refractivity contribution is -0.198. The van der Waals surface area contributed by atoms with Gasteiger partial charge in [-0.2, -0.15) is 0 Å². The summed E-state index contributed by atoms with van der Waals surface area (Å²) >= 11 is 0. The number of carbonyl (C=O) groups excluding carboxylic acids is 1. The highest BCUT2D eigenvalue weighted by Crippen LogP contribution is 2.19. The van der Waals surface area contributed by atoms with Crippen molar-refractivity contribution in [2.24, 2.45) is 0 Å². The first-order valence-corrected chi connectivity index (χ1v) is 14.0. The Morgan fingerprint density at radius 1 is 1.11 bits per heavy atom. The van der Waals surface area contributed by atoms with E-state index in [0.29, 0.717) is 25.3 Å². The largest absolute Gasteiger partial charge is 0.361 e. The quantitative estimate of drug-likeness (QED) is 0.209. The zero-order chi connectivity index (χ0) is 26.4. The van der Waals surface area contributed by atoms with Gasteiger partial charge in [0.15, 0.2) is 6.29 Å². The Morgan fingerprint density at radius 2 is 1.95 bits per heavy atom. The predicted molar refractivity (Wildman–Crippen MR) is 144 cm³/mol. The third-order valence-corrected chi connectivity index (χ3v) is 8.01. The van der Waals surface area contributed by atoms with E-state index in [-0.39, 0.29) is 4.90 Å². The molecule has 198 valence electrons. The zero-order valence-electron chi connectivity index (χ0n) is 20.8. The first kappa shape index (κ1) is 25.9. The molecule has 4 aromatic rings. The molecule has 1 fully saturated rings. The lowest BCUT2D eigenvalue weighted by Gasteiger charge is -2.21. The van der Waals surface area contributed by atoms with Crippen LogP contribution in [0.5, 0.6) is 0 Å². The van der Waals surface area contributed by atoms with Crippen LogP contribution in [0.15, 0.2) is 84.2 Å². The Kier molecular flexibility index (Phi) is 8.04. The number of fused-ring (bicyclic) bond motifs is 1. The van der Waals surface area contributed by atoms with Gasteiger partial charge in [-0.05, 0) is 59.9 Å². The summed E-state index contributed by atoms with van der Waals surface area (Å²) in [5.41, 5.74) is 6.16. The summed E-state index contributed by atoms with van der Waals surface area (Å²) in [5.74, 6) is -0.455. The molecule has 0 spiro atoms. The SMILES string of the molecule is O=C(/C=C/c1ccn(S(=O)(=O)c2ccc(CNCc3c[nH]c4ccccc34)cc2)c1)NOC1CCCCO1. The summed E-state index contributed by atoms with van der Waals surface area (Å²) in [7, 11) is -3.76. The van der Waals surface area contributed by atoms with Crippen molar-refractivity contribution < 1.29 is 22.8 Å². The standard InChI is InChI=1S/C28H30N4O5S/c33-27(31-37-28-7-3-4-16-36-28)13-10-22-14-15-32(20-22)38(34,35)24-11-8-21(9-12-24)17-29-18-23-19-30-26-6-2-1-5-25(23)26/h1-2,5-6,8-15,19-20,28-30H,3-4,7,16-18H2,(H,31,33)/b13-10+. The molecule has 1 amide bonds. The van der Waals surface area contributed by atoms with Crippen molar-refractivity contribution in [2.45, 2.75) is 43.5 Å². The van der Waals surface area contributed by atoms with Crippen molar-refractivity contribution in [1.82, 2.24) is 19.8 Å². The number of hydrogen-bond donors (Lipinski definition) is 3. The van der Waals surface area contributed by atoms with Crippen molar-refractivity contribution in [3.63, 3.8) is 0 Å². The number of H-pyrrole nitrogens is 1. The number of nitrogens with zero attached hydrogens (tertiary/aromatic N) is 1. The second-order valence-corrected chi connectivity index (χ2v) is 10.9. The van der Waals surface area contributed by atoms with Crippen LogP contribution in [0.3, 0.4) is 0 Å². The van der Waals surface area contributed by atoms with E-state index in [1.165, 1.54) is 35.5 Å². The van der Waals surface area contributed by atoms with Gasteiger partial charge in [-0.1, -0.05) is 30.3 Å². The molecule has 0 radical (unpaired) electrons. The van der Waals surface area contributed by atoms with E-state index in [1.54, 1.807) is 30.3 Å². The normalized spacial score (nSPS) is 16.3. The van der Waals surface area contributed by atoms with Crippen LogP contribution in [-0.4, -0.2) is 36.2 Å². The first-order valence-electron chi connectivity index (χ1n) is 12.5. The Hall–Kier alpha value is -3.70. The summed E-state index contributed by atoms with van der Waals surface area (Å²) in [5, 5.41) is 4.59. The van der Waals surface area contributed by atoms with Gasteiger partial charge in [0.1, 0.15) is 0 Å². The van der Waals surface area contributed by atoms with E-state index in [1.807, 2.05) is 24.4 Å². The van der Waals surface area contributed by atoms with Gasteiger partial charge >= 0.3 is 0 Å². The average molecular weight is 535 g/mol. The molecular weight excluding hydrogens is 504 g/mol. The number of hydrogen-bond acceptors (Lipinski definition) is 6. The van der Waals surface area contributed by atoms with Crippen molar-refractivity contribution in [3.8, 4) is 0 Å². The first-order chi connectivity index (χ1) is 18.5. The second kappa shape index (κ2) is 11.8. The molecule has 38 heavy (non-hydrogen) atoms. The Bertz CT molecular complexity index is 1520. The molecule has 3 heterocycles. The van der Waals surface area contributed by atoms with Crippen LogP contribution < -0.4 is 10.8 Å². The minimum Gasteiger partial charge on any atom is -0.361 e. The molecular formula is C28H30N4O5S. The molecule has 2 aromatic heterocycles. The van der Waals surface area contributed by atoms with E-state index >= 15 is 0 Å². The topological polar surface area (TPSA) is 114 Å². The van der Waals surface area contributed by atoms with Gasteiger partial charge in [-0.15, -0.1) is 0 Å². The molecule has 0 bridgehead atoms. The molecule has 1 aliphatic heterocycles. The second-order valence-electron chi connectivity index (χ2n) is 9.10. The molecule has 1 saturated heterocycles. The molecule has 0 saturated carbocycles. The van der Waals surface area contributed by atoms with Gasteiger partial charge in [0.2, 0.25) is 0 Å². The van der Waals surface area contributed by atoms with Crippen LogP contribution in [0, 0.1) is 0 Å². The number of amides is 1. The molecule has 0 aliphatic carbocycles. The van der Waals surface area contributed by atoms with Crippen LogP contribution in [0.2, 0.25) is 0 Å². The highest BCUT2D eigenvalue weighted by molar-refractivity contribution is 7.90. The average Bonchev–Trinajstić information content (AvgIpc) is 3.60. The summed E-state index contributed by atoms with van der Waals surface area (Å²) in [6.07, 6.45) is 9.99. The van der Waals surface area contributed by atoms with Crippen molar-refractivity contribution in [3.05, 3.63) is 96.0 Å². The van der Waals surface area contributed by atoms with Gasteiger partial charge < -0.3 is 15.0 Å². The minimum absolute atomic E-state index is 0.183. The lowest BCUT2D eigenvalue weighted by atomic mass is 10.1. The molecule has 1 unspecified atom stereocenters. The number of carbonyl (C=O) groups is 1. The molecule has 10 heteroatoms. The van der Waals surface area contributed by atoms with Crippen LogP contribution in [0.25, 0.3) is 17.0 Å². The van der Waals surface area contributed by atoms with Gasteiger partial charge in [-0.25, -0.2) is 22.7 Å². The highest BCUT2D eigenvalue weighted by Gasteiger charge is 2.17. The molecule has 2 aromatic carbocycles. The summed E-state index contributed by atoms with van der Waals surface area (Å²) in [4.78, 5) is 20.7. The van der Waals surface area contributed by atoms with Crippen molar-refractivity contribution >= 4 is 32.9 Å². The number of aromatic nitrogens is 2. The van der Waals surface area contributed by atoms with E-state index in [4.69, 9.17) is 9.57 Å². The summed E-state index contributed by atoms with van der Waals surface area (Å²) < 4.78 is 32.7. The van der Waals surface area contributed by atoms with Crippen LogP contribution in [0.4, 0.5) is 0 Å². The summed E-state index contributed by atoms with van der Waals surface area (Å²) in [6.45, 7) is 1.92. The Morgan fingerprint density at radius 3 is 2.76 bits per heavy atom. The number of aromatic amines is 1. The summed E-state index contributed by atoms with van der Waals surface area (Å²) in [6, 6.07) is 16.6. The fraction of sp³-hybridized carbons (Fsp3) is 0.250. The molecule has 3 N–H and O–H groups in total. The van der Waals surface area contributed by atoms with Crippen molar-refractivity contribution in [2.75, 3.05) is 6.61 Å². The van der Waals surface area contributed by atoms with Crippen LogP contribution >= 0.6 is 0 Å². The number of rotatable bonds is 10. The van der Waals surface area contributed by atoms with Crippen LogP contribution in [-0.2, 0) is 37.5 Å². The van der Waals surface area contributed by atoms with E-state index in [9.17, 15) is 13.2 Å². The smallest absolute Gasteiger partial charge is 0.267 e. The fourth-order valence-corrected chi connectivity index (χ4v) is 5.50. The van der Waals surface area contributed by atoms with Gasteiger partial charge in [0.05, 0.1) is 4.90 Å². The molecule has 5 rings (SSSR count). The maximum Gasteiger partial charge on any atom is 0.267 e. The van der Waals surface area contributed by atoms with E-state index < -0.39 is 22.2 Å². The van der Waals surface area contributed by atoms with Gasteiger partial charge in [0.25, 0.3) is 15.9 Å². The zero-order valence-corrected chi connectivity index (χ0v) is 21.6. The van der Waals surface area contributed by atoms with E-state index in [2.05, 4.69) is 21.8 Å². The third kappa shape index (κ3) is 6.22. The van der Waals surface area contributed by atoms with E-state index in [0.717, 1.165) is 34.3 Å². The Balaban J connectivity index is 1.14. The van der Waals surface area contributed by atoms with Crippen molar-refractivity contribution in [1.29, 1.82) is 0 Å². The third-order valence-electron chi connectivity index (χ3n) is 6.36. The van der Waals surface area contributed by atoms with Crippen LogP contribution in [0.1, 0.15) is 36.0 Å². The highest BCUT2D eigenvalue weighted by atomic mass is 32.2. The Labute approximate surface area is 221 Å². The molecule has 1 aliphatic rings. The number of ether oxygens (including phenoxy) is 1. The fourth-order valence-electron chi connectivity index (χ4n) is 4.29. The van der Waals surface area contributed by atoms with Gasteiger partial charge in [0, 0.05) is 61.7 Å². The number of nitrogens with one attached hydrogen (secondary N) is 3. The molecule has 1 atom stereocenters. The lowest BCUT2D eigenvalue weighted by Crippen LogP contribution is -2.32. The number of benzene rings is 2. The monoisotopic (exact) mass is 534 g/mol. The number of para-hydroxylation sites is 1. The maximum absolute atomic E-state index is 13.1. The number of hydroxylamine groups is 1. The maximum atomic E-state index is 13.1. The predicted octanol–water partition coefficient (Wildman–Crippen LogP) is 4.08. The van der Waals surface area contributed by atoms with Gasteiger partial charge in [-0.3, -0.25) is 4.79 Å².